The maximum atomic E-state index is 12.4. The molecule has 0 radical (unpaired) electrons. The summed E-state index contributed by atoms with van der Waals surface area (Å²) in [5.74, 6) is 0.578. The number of aromatic nitrogens is 4. The monoisotopic (exact) mass is 331 g/mol. The van der Waals surface area contributed by atoms with Crippen LogP contribution in [0.2, 0.25) is 0 Å². The number of aryl methyl sites for hydroxylation is 2. The molecular weight excluding hydrogens is 310 g/mol. The summed E-state index contributed by atoms with van der Waals surface area (Å²) >= 11 is 0. The second-order valence-corrected chi connectivity index (χ2v) is 5.88. The molecule has 0 unspecified atom stereocenters. The fourth-order valence-electron chi connectivity index (χ4n) is 2.79. The Labute approximate surface area is 139 Å². The number of morpholine rings is 1. The molecule has 1 N–H and O–H groups in total. The number of nitrogens with one attached hydrogen (secondary N) is 1. The highest BCUT2D eigenvalue weighted by molar-refractivity contribution is 5.76. The van der Waals surface area contributed by atoms with Crippen molar-refractivity contribution in [3.8, 4) is 0 Å². The zero-order chi connectivity index (χ0) is 16.9. The summed E-state index contributed by atoms with van der Waals surface area (Å²) in [4.78, 5) is 36.8. The van der Waals surface area contributed by atoms with Gasteiger partial charge in [0.05, 0.1) is 19.5 Å². The maximum absolute atomic E-state index is 12.4. The van der Waals surface area contributed by atoms with Crippen LogP contribution in [0.25, 0.3) is 0 Å². The summed E-state index contributed by atoms with van der Waals surface area (Å²) in [6.45, 7) is 3.95. The van der Waals surface area contributed by atoms with Crippen molar-refractivity contribution in [2.24, 2.45) is 0 Å². The van der Waals surface area contributed by atoms with E-state index in [4.69, 9.17) is 4.74 Å². The molecule has 1 amide bonds. The van der Waals surface area contributed by atoms with Crippen LogP contribution in [0.15, 0.2) is 29.6 Å². The minimum Gasteiger partial charge on any atom is -0.367 e. The number of nitrogens with zero attached hydrogens (tertiary/aromatic N) is 4. The van der Waals surface area contributed by atoms with E-state index < -0.39 is 0 Å². The minimum absolute atomic E-state index is 0.0958. The summed E-state index contributed by atoms with van der Waals surface area (Å²) in [6, 6.07) is 1.44. The van der Waals surface area contributed by atoms with Crippen LogP contribution in [0, 0.1) is 6.92 Å². The van der Waals surface area contributed by atoms with Gasteiger partial charge in [-0.3, -0.25) is 9.59 Å². The first kappa shape index (κ1) is 16.4. The number of hydrogen-bond donors (Lipinski definition) is 1. The van der Waals surface area contributed by atoms with E-state index in [1.165, 1.54) is 6.07 Å². The van der Waals surface area contributed by atoms with E-state index in [1.54, 1.807) is 24.3 Å². The predicted molar refractivity (Wildman–Crippen MR) is 86.3 cm³/mol. The van der Waals surface area contributed by atoms with Crippen LogP contribution in [0.1, 0.15) is 30.5 Å². The molecule has 2 aromatic rings. The van der Waals surface area contributed by atoms with Gasteiger partial charge in [0.2, 0.25) is 5.91 Å². The van der Waals surface area contributed by atoms with Crippen molar-refractivity contribution in [2.45, 2.75) is 32.4 Å². The third-order valence-electron chi connectivity index (χ3n) is 3.98. The number of imidazole rings is 1. The Morgan fingerprint density at radius 2 is 2.38 bits per heavy atom. The second-order valence-electron chi connectivity index (χ2n) is 5.88. The molecule has 0 aliphatic carbocycles. The molecule has 1 aliphatic heterocycles. The number of hydrogen-bond acceptors (Lipinski definition) is 5. The maximum Gasteiger partial charge on any atom is 0.251 e. The Bertz CT molecular complexity index is 740. The summed E-state index contributed by atoms with van der Waals surface area (Å²) < 4.78 is 7.63. The number of aromatic amines is 1. The zero-order valence-corrected chi connectivity index (χ0v) is 13.6. The molecule has 3 heterocycles. The Morgan fingerprint density at radius 1 is 1.50 bits per heavy atom. The van der Waals surface area contributed by atoms with Crippen molar-refractivity contribution in [3.63, 3.8) is 0 Å². The van der Waals surface area contributed by atoms with E-state index in [0.29, 0.717) is 37.6 Å². The normalized spacial score (nSPS) is 17.9. The van der Waals surface area contributed by atoms with Crippen molar-refractivity contribution >= 4 is 5.91 Å². The number of carbonyl (C=O) groups excluding carboxylic acids is 1. The van der Waals surface area contributed by atoms with Gasteiger partial charge in [-0.2, -0.15) is 0 Å². The molecule has 128 valence electrons. The zero-order valence-electron chi connectivity index (χ0n) is 13.6. The van der Waals surface area contributed by atoms with E-state index in [0.717, 1.165) is 13.0 Å². The molecule has 8 heteroatoms. The van der Waals surface area contributed by atoms with Gasteiger partial charge in [0.15, 0.2) is 0 Å². The Balaban J connectivity index is 1.56. The molecule has 0 spiro atoms. The van der Waals surface area contributed by atoms with Crippen molar-refractivity contribution in [1.82, 2.24) is 24.4 Å². The standard InChI is InChI=1S/C16H21N5O3/c1-12-9-14(22)19-16(18-12)13-10-21(7-8-24-13)15(23)3-2-5-20-6-4-17-11-20/h4,6,9,11,13H,2-3,5,7-8,10H2,1H3,(H,18,19,22)/t13-/m1/s1. The summed E-state index contributed by atoms with van der Waals surface area (Å²) in [5.41, 5.74) is 0.436. The van der Waals surface area contributed by atoms with E-state index in [1.807, 2.05) is 10.8 Å². The quantitative estimate of drug-likeness (QED) is 0.868. The third kappa shape index (κ3) is 4.08. The Morgan fingerprint density at radius 3 is 3.12 bits per heavy atom. The molecule has 0 bridgehead atoms. The van der Waals surface area contributed by atoms with Crippen LogP contribution in [0.4, 0.5) is 0 Å². The smallest absolute Gasteiger partial charge is 0.251 e. The van der Waals surface area contributed by atoms with Gasteiger partial charge >= 0.3 is 0 Å². The SMILES string of the molecule is Cc1cc(=O)[nH]c([C@H]2CN(C(=O)CCCn3ccnc3)CCO2)n1. The van der Waals surface area contributed by atoms with Gasteiger partial charge in [-0.1, -0.05) is 0 Å². The van der Waals surface area contributed by atoms with Crippen molar-refractivity contribution < 1.29 is 9.53 Å². The van der Waals surface area contributed by atoms with E-state index >= 15 is 0 Å². The lowest BCUT2D eigenvalue weighted by Gasteiger charge is -2.32. The molecule has 1 saturated heterocycles. The van der Waals surface area contributed by atoms with Crippen molar-refractivity contribution in [3.05, 3.63) is 46.7 Å². The van der Waals surface area contributed by atoms with E-state index in [9.17, 15) is 9.59 Å². The first-order chi connectivity index (χ1) is 11.6. The van der Waals surface area contributed by atoms with Crippen LogP contribution in [0.3, 0.4) is 0 Å². The molecule has 1 atom stereocenters. The Kier molecular flexibility index (Phi) is 5.05. The molecule has 1 fully saturated rings. The molecular formula is C16H21N5O3. The lowest BCUT2D eigenvalue weighted by Crippen LogP contribution is -2.43. The average Bonchev–Trinajstić information content (AvgIpc) is 3.07. The van der Waals surface area contributed by atoms with Crippen LogP contribution in [-0.4, -0.2) is 50.0 Å². The summed E-state index contributed by atoms with van der Waals surface area (Å²) in [6.07, 6.45) is 6.21. The Hall–Kier alpha value is -2.48. The predicted octanol–water partition coefficient (Wildman–Crippen LogP) is 0.655. The minimum atomic E-state index is -0.385. The van der Waals surface area contributed by atoms with Crippen LogP contribution >= 0.6 is 0 Å². The lowest BCUT2D eigenvalue weighted by molar-refractivity contribution is -0.139. The molecule has 0 aromatic carbocycles. The molecule has 2 aromatic heterocycles. The highest BCUT2D eigenvalue weighted by atomic mass is 16.5. The summed E-state index contributed by atoms with van der Waals surface area (Å²) in [5, 5.41) is 0. The van der Waals surface area contributed by atoms with Crippen LogP contribution in [0.5, 0.6) is 0 Å². The molecule has 8 nitrogen and oxygen atoms in total. The van der Waals surface area contributed by atoms with Gasteiger partial charge in [-0.15, -0.1) is 0 Å². The van der Waals surface area contributed by atoms with E-state index in [-0.39, 0.29) is 17.6 Å². The molecule has 1 aliphatic rings. The van der Waals surface area contributed by atoms with Gasteiger partial charge in [0.25, 0.3) is 5.56 Å². The second kappa shape index (κ2) is 7.39. The molecule has 0 saturated carbocycles. The van der Waals surface area contributed by atoms with Gasteiger partial charge in [0.1, 0.15) is 11.9 Å². The molecule has 24 heavy (non-hydrogen) atoms. The van der Waals surface area contributed by atoms with Crippen molar-refractivity contribution in [2.75, 3.05) is 19.7 Å². The number of amides is 1. The van der Waals surface area contributed by atoms with Crippen LogP contribution in [-0.2, 0) is 16.1 Å². The van der Waals surface area contributed by atoms with Gasteiger partial charge in [0, 0.05) is 43.7 Å². The van der Waals surface area contributed by atoms with Gasteiger partial charge in [-0.25, -0.2) is 9.97 Å². The highest BCUT2D eigenvalue weighted by Gasteiger charge is 2.26. The summed E-state index contributed by atoms with van der Waals surface area (Å²) in [7, 11) is 0. The number of carbonyl (C=O) groups is 1. The molecule has 3 rings (SSSR count). The number of H-pyrrole nitrogens is 1. The van der Waals surface area contributed by atoms with Crippen LogP contribution < -0.4 is 5.56 Å². The van der Waals surface area contributed by atoms with Gasteiger partial charge < -0.3 is 19.2 Å². The van der Waals surface area contributed by atoms with E-state index in [2.05, 4.69) is 15.0 Å². The average molecular weight is 331 g/mol. The first-order valence-corrected chi connectivity index (χ1v) is 8.05. The number of rotatable bonds is 5. The lowest BCUT2D eigenvalue weighted by atomic mass is 10.2. The highest BCUT2D eigenvalue weighted by Crippen LogP contribution is 2.19. The fraction of sp³-hybridized carbons (Fsp3) is 0.500. The third-order valence-corrected chi connectivity index (χ3v) is 3.98. The largest absolute Gasteiger partial charge is 0.367 e. The van der Waals surface area contributed by atoms with Gasteiger partial charge in [-0.05, 0) is 13.3 Å². The topological polar surface area (TPSA) is 93.1 Å². The first-order valence-electron chi connectivity index (χ1n) is 8.05. The fourth-order valence-corrected chi connectivity index (χ4v) is 2.79. The number of ether oxygens (including phenoxy) is 1. The van der Waals surface area contributed by atoms with Crippen molar-refractivity contribution in [1.29, 1.82) is 0 Å².